The highest BCUT2D eigenvalue weighted by molar-refractivity contribution is 14.1. The summed E-state index contributed by atoms with van der Waals surface area (Å²) in [5.74, 6) is -1.14. The van der Waals surface area contributed by atoms with Gasteiger partial charge in [0.25, 0.3) is 0 Å². The van der Waals surface area contributed by atoms with Crippen LogP contribution in [-0.2, 0) is 16.1 Å². The third-order valence-corrected chi connectivity index (χ3v) is 3.92. The van der Waals surface area contributed by atoms with Crippen molar-refractivity contribution in [2.24, 2.45) is 0 Å². The largest absolute Gasteiger partial charge is 0.479 e. The molecule has 2 aromatic rings. The van der Waals surface area contributed by atoms with E-state index in [1.165, 1.54) is 0 Å². The van der Waals surface area contributed by atoms with Crippen LogP contribution >= 0.6 is 22.6 Å². The molecule has 0 aliphatic carbocycles. The van der Waals surface area contributed by atoms with Gasteiger partial charge in [0.05, 0.1) is 0 Å². The van der Waals surface area contributed by atoms with Crippen molar-refractivity contribution in [1.29, 1.82) is 0 Å². The molecule has 114 valence electrons. The molecule has 0 unspecified atom stereocenters. The van der Waals surface area contributed by atoms with Crippen LogP contribution in [0.25, 0.3) is 0 Å². The van der Waals surface area contributed by atoms with Crippen molar-refractivity contribution in [2.75, 3.05) is 0 Å². The minimum absolute atomic E-state index is 0.0882. The van der Waals surface area contributed by atoms with E-state index in [-0.39, 0.29) is 6.61 Å². The number of hydrogen-bond acceptors (Lipinski definition) is 3. The number of rotatable bonds is 5. The fourth-order valence-electron chi connectivity index (χ4n) is 1.86. The number of aliphatic carboxylic acids is 1. The van der Waals surface area contributed by atoms with Crippen LogP contribution in [0.2, 0.25) is 0 Å². The molecule has 0 aliphatic heterocycles. The van der Waals surface area contributed by atoms with Crippen molar-refractivity contribution in [3.63, 3.8) is 0 Å². The van der Waals surface area contributed by atoms with Gasteiger partial charge in [-0.05, 0) is 39.8 Å². The van der Waals surface area contributed by atoms with E-state index in [1.807, 2.05) is 52.9 Å². The van der Waals surface area contributed by atoms with E-state index in [1.54, 1.807) is 24.3 Å². The minimum Gasteiger partial charge on any atom is -0.479 e. The highest BCUT2D eigenvalue weighted by Gasteiger charge is 2.24. The zero-order chi connectivity index (χ0) is 15.9. The lowest BCUT2D eigenvalue weighted by atomic mass is 10.1. The maximum atomic E-state index is 11.8. The Morgan fingerprint density at radius 3 is 2.36 bits per heavy atom. The lowest BCUT2D eigenvalue weighted by Crippen LogP contribution is -2.34. The van der Waals surface area contributed by atoms with Gasteiger partial charge in [-0.15, -0.1) is 0 Å². The fraction of sp³-hybridized carbons (Fsp3) is 0.125. The van der Waals surface area contributed by atoms with Crippen LogP contribution in [0.4, 0.5) is 4.79 Å². The molecule has 0 saturated carbocycles. The normalized spacial score (nSPS) is 11.5. The van der Waals surface area contributed by atoms with E-state index in [9.17, 15) is 14.7 Å². The van der Waals surface area contributed by atoms with Crippen LogP contribution in [0.3, 0.4) is 0 Å². The quantitative estimate of drug-likeness (QED) is 0.741. The molecule has 2 rings (SSSR count). The average Bonchev–Trinajstić information content (AvgIpc) is 2.52. The van der Waals surface area contributed by atoms with Gasteiger partial charge in [0.1, 0.15) is 6.61 Å². The molecule has 2 aromatic carbocycles. The van der Waals surface area contributed by atoms with Gasteiger partial charge in [-0.3, -0.25) is 0 Å². The summed E-state index contributed by atoms with van der Waals surface area (Å²) < 4.78 is 5.81. The summed E-state index contributed by atoms with van der Waals surface area (Å²) >= 11 is 2.03. The molecule has 0 saturated heterocycles. The first-order valence-corrected chi connectivity index (χ1v) is 7.60. The van der Waals surface area contributed by atoms with Gasteiger partial charge in [-0.1, -0.05) is 48.5 Å². The summed E-state index contributed by atoms with van der Waals surface area (Å²) in [5, 5.41) is 11.7. The molecule has 2 N–H and O–H groups in total. The summed E-state index contributed by atoms with van der Waals surface area (Å²) in [6.07, 6.45) is -0.768. The number of nitrogens with one attached hydrogen (secondary N) is 1. The van der Waals surface area contributed by atoms with Crippen molar-refractivity contribution < 1.29 is 19.4 Å². The van der Waals surface area contributed by atoms with E-state index in [2.05, 4.69) is 5.32 Å². The van der Waals surface area contributed by atoms with E-state index in [4.69, 9.17) is 4.74 Å². The number of carboxylic acid groups (broad SMARTS) is 1. The van der Waals surface area contributed by atoms with Crippen molar-refractivity contribution in [3.05, 3.63) is 69.3 Å². The summed E-state index contributed by atoms with van der Waals surface area (Å²) in [6.45, 7) is 0.0882. The van der Waals surface area contributed by atoms with Gasteiger partial charge >= 0.3 is 12.1 Å². The van der Waals surface area contributed by atoms with Crippen molar-refractivity contribution in [1.82, 2.24) is 5.32 Å². The molecule has 0 aliphatic rings. The van der Waals surface area contributed by atoms with E-state index < -0.39 is 18.1 Å². The Bertz CT molecular complexity index is 660. The van der Waals surface area contributed by atoms with Crippen LogP contribution in [0.1, 0.15) is 17.2 Å². The van der Waals surface area contributed by atoms with Crippen LogP contribution < -0.4 is 5.32 Å². The minimum atomic E-state index is -1.14. The highest BCUT2D eigenvalue weighted by Crippen LogP contribution is 2.20. The van der Waals surface area contributed by atoms with Gasteiger partial charge < -0.3 is 15.2 Å². The molecule has 0 radical (unpaired) electrons. The Labute approximate surface area is 141 Å². The summed E-state index contributed by atoms with van der Waals surface area (Å²) in [5.41, 5.74) is 1.35. The molecule has 1 amide bonds. The van der Waals surface area contributed by atoms with E-state index in [0.29, 0.717) is 5.56 Å². The number of halogens is 1. The number of ether oxygens (including phenoxy) is 1. The van der Waals surface area contributed by atoms with Gasteiger partial charge in [0, 0.05) is 3.57 Å². The fourth-order valence-corrected chi connectivity index (χ4v) is 2.56. The lowest BCUT2D eigenvalue weighted by Gasteiger charge is -2.16. The van der Waals surface area contributed by atoms with Crippen molar-refractivity contribution >= 4 is 34.7 Å². The van der Waals surface area contributed by atoms with Crippen molar-refractivity contribution in [3.8, 4) is 0 Å². The topological polar surface area (TPSA) is 75.6 Å². The number of alkyl carbamates (subject to hydrolysis) is 1. The Morgan fingerprint density at radius 2 is 1.73 bits per heavy atom. The standard InChI is InChI=1S/C16H14INO4/c17-13-9-5-4-8-12(13)14(15(19)20)18-16(21)22-10-11-6-2-1-3-7-11/h1-9,14H,10H2,(H,18,21)(H,19,20)/t14-/m0/s1. The monoisotopic (exact) mass is 411 g/mol. The molecule has 0 fully saturated rings. The van der Waals surface area contributed by atoms with Gasteiger partial charge in [-0.2, -0.15) is 0 Å². The predicted molar refractivity (Wildman–Crippen MR) is 89.3 cm³/mol. The van der Waals surface area contributed by atoms with Gasteiger partial charge in [0.15, 0.2) is 6.04 Å². The first kappa shape index (κ1) is 16.3. The molecule has 0 heterocycles. The number of carbonyl (C=O) groups is 2. The molecular formula is C16H14INO4. The average molecular weight is 411 g/mol. The first-order valence-electron chi connectivity index (χ1n) is 6.52. The Morgan fingerprint density at radius 1 is 1.09 bits per heavy atom. The Hall–Kier alpha value is -2.09. The number of amides is 1. The van der Waals surface area contributed by atoms with Crippen LogP contribution in [0.15, 0.2) is 54.6 Å². The van der Waals surface area contributed by atoms with Crippen LogP contribution in [-0.4, -0.2) is 17.2 Å². The molecule has 22 heavy (non-hydrogen) atoms. The second-order valence-electron chi connectivity index (χ2n) is 4.50. The number of carboxylic acids is 1. The lowest BCUT2D eigenvalue weighted by molar-refractivity contribution is -0.139. The molecule has 6 heteroatoms. The maximum Gasteiger partial charge on any atom is 0.408 e. The molecule has 0 bridgehead atoms. The Kier molecular flexibility index (Phi) is 5.76. The smallest absolute Gasteiger partial charge is 0.408 e. The predicted octanol–water partition coefficient (Wildman–Crippen LogP) is 3.34. The second kappa shape index (κ2) is 7.79. The van der Waals surface area contributed by atoms with Crippen LogP contribution in [0.5, 0.6) is 0 Å². The second-order valence-corrected chi connectivity index (χ2v) is 5.66. The van der Waals surface area contributed by atoms with Gasteiger partial charge in [-0.25, -0.2) is 9.59 Å². The van der Waals surface area contributed by atoms with Gasteiger partial charge in [0.2, 0.25) is 0 Å². The molecule has 0 spiro atoms. The first-order chi connectivity index (χ1) is 10.6. The van der Waals surface area contributed by atoms with Crippen LogP contribution in [0, 0.1) is 3.57 Å². The highest BCUT2D eigenvalue weighted by atomic mass is 127. The van der Waals surface area contributed by atoms with E-state index >= 15 is 0 Å². The zero-order valence-corrected chi connectivity index (χ0v) is 13.7. The zero-order valence-electron chi connectivity index (χ0n) is 11.5. The molecule has 5 nitrogen and oxygen atoms in total. The number of carbonyl (C=O) groups excluding carboxylic acids is 1. The number of hydrogen-bond donors (Lipinski definition) is 2. The summed E-state index contributed by atoms with van der Waals surface area (Å²) in [4.78, 5) is 23.2. The maximum absolute atomic E-state index is 11.8. The Balaban J connectivity index is 2.01. The van der Waals surface area contributed by atoms with E-state index in [0.717, 1.165) is 9.13 Å². The molecule has 1 atom stereocenters. The summed E-state index contributed by atoms with van der Waals surface area (Å²) in [7, 11) is 0. The van der Waals surface area contributed by atoms with Crippen molar-refractivity contribution in [2.45, 2.75) is 12.6 Å². The summed E-state index contributed by atoms with van der Waals surface area (Å²) in [6, 6.07) is 15.0. The molecular weight excluding hydrogens is 397 g/mol. The SMILES string of the molecule is O=C(N[C@H](C(=O)O)c1ccccc1I)OCc1ccccc1. The third-order valence-electron chi connectivity index (χ3n) is 2.94. The third kappa shape index (κ3) is 4.45. The molecule has 0 aromatic heterocycles. The number of benzene rings is 2.